The van der Waals surface area contributed by atoms with Gasteiger partial charge >= 0.3 is 5.97 Å². The number of sulfone groups is 1. The summed E-state index contributed by atoms with van der Waals surface area (Å²) in [7, 11) is -3.10. The molecule has 114 valence electrons. The van der Waals surface area contributed by atoms with Gasteiger partial charge < -0.3 is 4.74 Å². The predicted molar refractivity (Wildman–Crippen MR) is 77.7 cm³/mol. The van der Waals surface area contributed by atoms with Gasteiger partial charge in [0, 0.05) is 12.7 Å². The Kier molecular flexibility index (Phi) is 4.77. The summed E-state index contributed by atoms with van der Waals surface area (Å²) in [5.41, 5.74) is 0.938. The molecule has 0 aliphatic heterocycles. The maximum Gasteiger partial charge on any atom is 0.338 e. The van der Waals surface area contributed by atoms with Crippen molar-refractivity contribution in [3.8, 4) is 0 Å². The zero-order chi connectivity index (χ0) is 15.5. The van der Waals surface area contributed by atoms with Crippen LogP contribution in [-0.4, -0.2) is 32.5 Å². The van der Waals surface area contributed by atoms with Crippen molar-refractivity contribution in [2.75, 3.05) is 6.26 Å². The first kappa shape index (κ1) is 15.7. The molecule has 0 unspecified atom stereocenters. The van der Waals surface area contributed by atoms with Crippen molar-refractivity contribution >= 4 is 21.6 Å². The first-order valence-corrected chi connectivity index (χ1v) is 8.91. The van der Waals surface area contributed by atoms with Gasteiger partial charge in [-0.3, -0.25) is 4.79 Å². The van der Waals surface area contributed by atoms with Gasteiger partial charge in [-0.2, -0.15) is 0 Å². The molecule has 0 radical (unpaired) electrons. The van der Waals surface area contributed by atoms with E-state index < -0.39 is 21.9 Å². The van der Waals surface area contributed by atoms with Crippen LogP contribution >= 0.6 is 0 Å². The molecule has 1 saturated carbocycles. The lowest BCUT2D eigenvalue weighted by Crippen LogP contribution is -2.30. The molecule has 1 fully saturated rings. The van der Waals surface area contributed by atoms with Gasteiger partial charge in [0.05, 0.1) is 11.3 Å². The summed E-state index contributed by atoms with van der Waals surface area (Å²) in [4.78, 5) is 23.6. The number of hydrogen-bond acceptors (Lipinski definition) is 5. The van der Waals surface area contributed by atoms with Gasteiger partial charge in [-0.1, -0.05) is 12.1 Å². The van der Waals surface area contributed by atoms with E-state index >= 15 is 0 Å². The lowest BCUT2D eigenvalue weighted by Gasteiger charge is -2.20. The van der Waals surface area contributed by atoms with Crippen LogP contribution in [0, 0.1) is 0 Å². The van der Waals surface area contributed by atoms with Crippen LogP contribution in [0.3, 0.4) is 0 Å². The highest BCUT2D eigenvalue weighted by molar-refractivity contribution is 7.89. The normalized spacial score (nSPS) is 19.3. The van der Waals surface area contributed by atoms with Gasteiger partial charge in [0.2, 0.25) is 0 Å². The first-order valence-electron chi connectivity index (χ1n) is 6.85. The third kappa shape index (κ3) is 4.67. The fraction of sp³-hybridized carbons (Fsp3) is 0.467. The fourth-order valence-corrected chi connectivity index (χ4v) is 3.11. The highest BCUT2D eigenvalue weighted by atomic mass is 32.2. The van der Waals surface area contributed by atoms with Gasteiger partial charge in [-0.25, -0.2) is 13.2 Å². The van der Waals surface area contributed by atoms with Crippen molar-refractivity contribution in [2.45, 2.75) is 37.5 Å². The average Bonchev–Trinajstić information content (AvgIpc) is 2.40. The van der Waals surface area contributed by atoms with Crippen molar-refractivity contribution in [2.24, 2.45) is 0 Å². The molecule has 0 N–H and O–H groups in total. The summed E-state index contributed by atoms with van der Waals surface area (Å²) in [5.74, 6) is -0.631. The van der Waals surface area contributed by atoms with Gasteiger partial charge in [-0.05, 0) is 37.0 Å². The Morgan fingerprint density at radius 3 is 2.48 bits per heavy atom. The van der Waals surface area contributed by atoms with Crippen LogP contribution in [0.4, 0.5) is 0 Å². The van der Waals surface area contributed by atoms with E-state index in [0.717, 1.165) is 19.1 Å². The monoisotopic (exact) mass is 310 g/mol. The molecule has 1 aromatic carbocycles. The number of benzene rings is 1. The second-order valence-corrected chi connectivity index (χ2v) is 7.51. The highest BCUT2D eigenvalue weighted by Gasteiger charge is 2.26. The van der Waals surface area contributed by atoms with Gasteiger partial charge in [0.15, 0.2) is 21.7 Å². The predicted octanol–water partition coefficient (Wildman–Crippen LogP) is 1.90. The van der Waals surface area contributed by atoms with Crippen LogP contribution in [-0.2, 0) is 25.1 Å². The Morgan fingerprint density at radius 2 is 1.90 bits per heavy atom. The molecule has 0 amide bonds. The molecule has 1 aliphatic rings. The van der Waals surface area contributed by atoms with Crippen LogP contribution in [0.1, 0.15) is 41.6 Å². The Morgan fingerprint density at radius 1 is 1.24 bits per heavy atom. The third-order valence-electron chi connectivity index (χ3n) is 3.37. The smallest absolute Gasteiger partial charge is 0.338 e. The molecule has 0 heterocycles. The van der Waals surface area contributed by atoms with Crippen LogP contribution in [0.25, 0.3) is 0 Å². The first-order chi connectivity index (χ1) is 9.85. The molecule has 0 spiro atoms. The van der Waals surface area contributed by atoms with E-state index in [4.69, 9.17) is 4.74 Å². The quantitative estimate of drug-likeness (QED) is 0.794. The molecule has 0 aromatic heterocycles. The van der Waals surface area contributed by atoms with E-state index in [0.29, 0.717) is 24.0 Å². The lowest BCUT2D eigenvalue weighted by atomic mass is 9.96. The average molecular weight is 310 g/mol. The molecule has 6 heteroatoms. The Labute approximate surface area is 124 Å². The SMILES string of the molecule is CS(=O)(=O)Cc1ccc(C(=O)O[C@@H]2CCCCC2=O)cc1. The summed E-state index contributed by atoms with van der Waals surface area (Å²) in [6.45, 7) is 0. The van der Waals surface area contributed by atoms with Crippen LogP contribution < -0.4 is 0 Å². The number of carbonyl (C=O) groups is 2. The van der Waals surface area contributed by atoms with E-state index in [-0.39, 0.29) is 11.5 Å². The highest BCUT2D eigenvalue weighted by Crippen LogP contribution is 2.19. The van der Waals surface area contributed by atoms with Crippen molar-refractivity contribution < 1.29 is 22.7 Å². The summed E-state index contributed by atoms with van der Waals surface area (Å²) < 4.78 is 27.6. The van der Waals surface area contributed by atoms with Crippen LogP contribution in [0.15, 0.2) is 24.3 Å². The minimum absolute atomic E-state index is 0.0247. The maximum atomic E-state index is 12.0. The number of Topliss-reactive ketones (excluding diaryl/α,β-unsaturated/α-hetero) is 1. The number of ketones is 1. The Hall–Kier alpha value is -1.69. The summed E-state index contributed by atoms with van der Waals surface area (Å²) >= 11 is 0. The number of carbonyl (C=O) groups excluding carboxylic acids is 2. The lowest BCUT2D eigenvalue weighted by molar-refractivity contribution is -0.129. The van der Waals surface area contributed by atoms with Crippen molar-refractivity contribution in [1.29, 1.82) is 0 Å². The van der Waals surface area contributed by atoms with E-state index in [1.165, 1.54) is 12.1 Å². The molecular weight excluding hydrogens is 292 g/mol. The molecule has 1 aromatic rings. The second-order valence-electron chi connectivity index (χ2n) is 5.37. The van der Waals surface area contributed by atoms with E-state index in [1.807, 2.05) is 0 Å². The Balaban J connectivity index is 2.01. The number of ether oxygens (including phenoxy) is 1. The second kappa shape index (κ2) is 6.39. The maximum absolute atomic E-state index is 12.0. The van der Waals surface area contributed by atoms with Crippen LogP contribution in [0.2, 0.25) is 0 Å². The van der Waals surface area contributed by atoms with Gasteiger partial charge in [0.25, 0.3) is 0 Å². The number of hydrogen-bond donors (Lipinski definition) is 0. The summed E-state index contributed by atoms with van der Waals surface area (Å²) in [5, 5.41) is 0. The largest absolute Gasteiger partial charge is 0.451 e. The summed E-state index contributed by atoms with van der Waals surface area (Å²) in [6, 6.07) is 6.22. The minimum atomic E-state index is -3.10. The molecule has 1 aliphatic carbocycles. The molecule has 0 saturated heterocycles. The van der Waals surface area contributed by atoms with E-state index in [2.05, 4.69) is 0 Å². The minimum Gasteiger partial charge on any atom is -0.451 e. The molecule has 21 heavy (non-hydrogen) atoms. The third-order valence-corrected chi connectivity index (χ3v) is 4.22. The molecular formula is C15H18O5S. The fourth-order valence-electron chi connectivity index (χ4n) is 2.31. The van der Waals surface area contributed by atoms with Crippen molar-refractivity contribution in [3.05, 3.63) is 35.4 Å². The number of rotatable bonds is 4. The molecule has 0 bridgehead atoms. The van der Waals surface area contributed by atoms with Crippen LogP contribution in [0.5, 0.6) is 0 Å². The van der Waals surface area contributed by atoms with Crippen molar-refractivity contribution in [1.82, 2.24) is 0 Å². The van der Waals surface area contributed by atoms with E-state index in [1.54, 1.807) is 12.1 Å². The van der Waals surface area contributed by atoms with E-state index in [9.17, 15) is 18.0 Å². The standard InChI is InChI=1S/C15H18O5S/c1-21(18,19)10-11-6-8-12(9-7-11)15(17)20-14-5-3-2-4-13(14)16/h6-9,14H,2-5,10H2,1H3/t14-/m1/s1. The van der Waals surface area contributed by atoms with Gasteiger partial charge in [0.1, 0.15) is 0 Å². The zero-order valence-electron chi connectivity index (χ0n) is 11.9. The molecule has 2 rings (SSSR count). The van der Waals surface area contributed by atoms with Gasteiger partial charge in [-0.15, -0.1) is 0 Å². The van der Waals surface area contributed by atoms with Crippen molar-refractivity contribution in [3.63, 3.8) is 0 Å². The molecule has 5 nitrogen and oxygen atoms in total. The summed E-state index contributed by atoms with van der Waals surface area (Å²) in [6.07, 6.45) is 3.30. The zero-order valence-corrected chi connectivity index (χ0v) is 12.7. The number of esters is 1. The Bertz CT molecular complexity index is 631. The molecule has 1 atom stereocenters. The topological polar surface area (TPSA) is 77.5 Å².